The van der Waals surface area contributed by atoms with Crippen molar-refractivity contribution in [3.05, 3.63) is 48.0 Å². The summed E-state index contributed by atoms with van der Waals surface area (Å²) in [6.45, 7) is 0.509. The number of ether oxygens (including phenoxy) is 1. The van der Waals surface area contributed by atoms with Gasteiger partial charge in [0.15, 0.2) is 0 Å². The standard InChI is InChI=1S/C15H19NO2S/c1-18-9-10-19(17)11-15(16)14-8-4-6-12-5-2-3-7-13(12)14/h2-8,15H,9-11,16H2,1H3. The molecule has 0 saturated heterocycles. The number of hydrogen-bond acceptors (Lipinski definition) is 3. The molecular formula is C15H19NO2S. The second-order valence-electron chi connectivity index (χ2n) is 4.48. The minimum Gasteiger partial charge on any atom is -0.384 e. The fraction of sp³-hybridized carbons (Fsp3) is 0.333. The topological polar surface area (TPSA) is 52.3 Å². The zero-order chi connectivity index (χ0) is 13.7. The minimum absolute atomic E-state index is 0.205. The predicted molar refractivity (Wildman–Crippen MR) is 80.6 cm³/mol. The summed E-state index contributed by atoms with van der Waals surface area (Å²) in [7, 11) is 0.670. The maximum absolute atomic E-state index is 11.9. The summed E-state index contributed by atoms with van der Waals surface area (Å²) in [5, 5.41) is 2.30. The van der Waals surface area contributed by atoms with Gasteiger partial charge in [-0.25, -0.2) is 0 Å². The predicted octanol–water partition coefficient (Wildman–Crippen LogP) is 2.23. The van der Waals surface area contributed by atoms with Crippen molar-refractivity contribution >= 4 is 21.6 Å². The largest absolute Gasteiger partial charge is 0.384 e. The highest BCUT2D eigenvalue weighted by atomic mass is 32.2. The highest BCUT2D eigenvalue weighted by Gasteiger charge is 2.12. The molecule has 0 aliphatic heterocycles. The van der Waals surface area contributed by atoms with E-state index in [4.69, 9.17) is 10.5 Å². The summed E-state index contributed by atoms with van der Waals surface area (Å²) in [6, 6.07) is 14.0. The van der Waals surface area contributed by atoms with Crippen molar-refractivity contribution < 1.29 is 8.95 Å². The molecule has 0 fully saturated rings. The van der Waals surface area contributed by atoms with E-state index >= 15 is 0 Å². The molecule has 2 aromatic carbocycles. The van der Waals surface area contributed by atoms with E-state index in [1.165, 1.54) is 0 Å². The van der Waals surface area contributed by atoms with Crippen molar-refractivity contribution in [2.45, 2.75) is 6.04 Å². The Kier molecular flexibility index (Phi) is 5.07. The third-order valence-electron chi connectivity index (χ3n) is 3.10. The maximum atomic E-state index is 11.9. The van der Waals surface area contributed by atoms with Crippen LogP contribution in [0.5, 0.6) is 0 Å². The molecule has 0 aromatic heterocycles. The van der Waals surface area contributed by atoms with E-state index in [9.17, 15) is 4.21 Å². The molecular weight excluding hydrogens is 258 g/mol. The normalized spacial score (nSPS) is 14.4. The Bertz CT molecular complexity index is 566. The first kappa shape index (κ1) is 14.2. The summed E-state index contributed by atoms with van der Waals surface area (Å²) < 4.78 is 16.8. The molecule has 102 valence electrons. The lowest BCUT2D eigenvalue weighted by atomic mass is 10.0. The lowest BCUT2D eigenvalue weighted by Crippen LogP contribution is -2.21. The summed E-state index contributed by atoms with van der Waals surface area (Å²) >= 11 is 0. The molecule has 2 rings (SSSR count). The first-order chi connectivity index (χ1) is 9.22. The molecule has 2 atom stereocenters. The van der Waals surface area contributed by atoms with Gasteiger partial charge >= 0.3 is 0 Å². The summed E-state index contributed by atoms with van der Waals surface area (Å²) in [4.78, 5) is 0. The first-order valence-electron chi connectivity index (χ1n) is 6.29. The van der Waals surface area contributed by atoms with Crippen LogP contribution in [-0.2, 0) is 15.5 Å². The number of hydrogen-bond donors (Lipinski definition) is 1. The molecule has 0 radical (unpaired) electrons. The highest BCUT2D eigenvalue weighted by molar-refractivity contribution is 7.85. The molecule has 0 bridgehead atoms. The number of fused-ring (bicyclic) bond motifs is 1. The van der Waals surface area contributed by atoms with Crippen molar-refractivity contribution in [3.8, 4) is 0 Å². The van der Waals surface area contributed by atoms with Gasteiger partial charge in [-0.15, -0.1) is 0 Å². The van der Waals surface area contributed by atoms with E-state index in [0.29, 0.717) is 18.1 Å². The van der Waals surface area contributed by atoms with Crippen molar-refractivity contribution in [2.24, 2.45) is 5.73 Å². The average molecular weight is 277 g/mol. The van der Waals surface area contributed by atoms with Crippen LogP contribution < -0.4 is 5.73 Å². The zero-order valence-electron chi connectivity index (χ0n) is 11.0. The number of rotatable bonds is 6. The summed E-state index contributed by atoms with van der Waals surface area (Å²) in [6.07, 6.45) is 0. The van der Waals surface area contributed by atoms with E-state index in [1.54, 1.807) is 7.11 Å². The molecule has 0 saturated carbocycles. The third kappa shape index (κ3) is 3.62. The van der Waals surface area contributed by atoms with Gasteiger partial charge < -0.3 is 10.5 Å². The summed E-state index contributed by atoms with van der Waals surface area (Å²) in [5.41, 5.74) is 7.26. The van der Waals surface area contributed by atoms with Crippen LogP contribution in [0.2, 0.25) is 0 Å². The van der Waals surface area contributed by atoms with Crippen molar-refractivity contribution in [1.29, 1.82) is 0 Å². The minimum atomic E-state index is -0.943. The fourth-order valence-corrected chi connectivity index (χ4v) is 3.22. The van der Waals surface area contributed by atoms with E-state index < -0.39 is 10.8 Å². The Balaban J connectivity index is 2.17. The first-order valence-corrected chi connectivity index (χ1v) is 7.78. The second kappa shape index (κ2) is 6.80. The molecule has 0 aliphatic rings. The molecule has 0 aliphatic carbocycles. The van der Waals surface area contributed by atoms with Gasteiger partial charge in [-0.1, -0.05) is 42.5 Å². The second-order valence-corrected chi connectivity index (χ2v) is 6.10. The molecule has 0 amide bonds. The van der Waals surface area contributed by atoms with Crippen LogP contribution in [0.25, 0.3) is 10.8 Å². The van der Waals surface area contributed by atoms with Crippen molar-refractivity contribution in [3.63, 3.8) is 0 Å². The Hall–Kier alpha value is -1.23. The van der Waals surface area contributed by atoms with E-state index in [1.807, 2.05) is 24.3 Å². The molecule has 2 N–H and O–H groups in total. The number of nitrogens with two attached hydrogens (primary N) is 1. The monoisotopic (exact) mass is 277 g/mol. The Morgan fingerprint density at radius 1 is 1.21 bits per heavy atom. The molecule has 0 heterocycles. The SMILES string of the molecule is COCCS(=O)CC(N)c1cccc2ccccc12. The van der Waals surface area contributed by atoms with Gasteiger partial charge in [0.2, 0.25) is 0 Å². The molecule has 19 heavy (non-hydrogen) atoms. The molecule has 2 aromatic rings. The van der Waals surface area contributed by atoms with Crippen LogP contribution >= 0.6 is 0 Å². The lowest BCUT2D eigenvalue weighted by molar-refractivity contribution is 0.218. The van der Waals surface area contributed by atoms with Crippen molar-refractivity contribution in [2.75, 3.05) is 25.2 Å². The van der Waals surface area contributed by atoms with Gasteiger partial charge in [0.05, 0.1) is 6.61 Å². The van der Waals surface area contributed by atoms with Gasteiger partial charge in [-0.2, -0.15) is 0 Å². The molecule has 3 nitrogen and oxygen atoms in total. The van der Waals surface area contributed by atoms with Crippen LogP contribution in [0.3, 0.4) is 0 Å². The van der Waals surface area contributed by atoms with Gasteiger partial charge in [-0.05, 0) is 16.3 Å². The van der Waals surface area contributed by atoms with E-state index in [-0.39, 0.29) is 6.04 Å². The highest BCUT2D eigenvalue weighted by Crippen LogP contribution is 2.23. The fourth-order valence-electron chi connectivity index (χ4n) is 2.12. The van der Waals surface area contributed by atoms with Gasteiger partial charge in [0.1, 0.15) is 0 Å². The Morgan fingerprint density at radius 2 is 1.95 bits per heavy atom. The maximum Gasteiger partial charge on any atom is 0.0577 e. The third-order valence-corrected chi connectivity index (χ3v) is 4.46. The quantitative estimate of drug-likeness (QED) is 0.881. The van der Waals surface area contributed by atoms with E-state index in [2.05, 4.69) is 18.2 Å². The van der Waals surface area contributed by atoms with Gasteiger partial charge in [0, 0.05) is 35.5 Å². The number of methoxy groups -OCH3 is 1. The summed E-state index contributed by atoms with van der Waals surface area (Å²) in [5.74, 6) is 1.01. The van der Waals surface area contributed by atoms with Crippen LogP contribution in [0, 0.1) is 0 Å². The average Bonchev–Trinajstić information content (AvgIpc) is 2.44. The van der Waals surface area contributed by atoms with Crippen LogP contribution in [0.15, 0.2) is 42.5 Å². The lowest BCUT2D eigenvalue weighted by Gasteiger charge is -2.14. The van der Waals surface area contributed by atoms with Crippen molar-refractivity contribution in [1.82, 2.24) is 0 Å². The van der Waals surface area contributed by atoms with E-state index in [0.717, 1.165) is 16.3 Å². The Morgan fingerprint density at radius 3 is 2.74 bits per heavy atom. The molecule has 2 unspecified atom stereocenters. The molecule has 4 heteroatoms. The zero-order valence-corrected chi connectivity index (χ0v) is 11.9. The van der Waals surface area contributed by atoms with Crippen LogP contribution in [0.4, 0.5) is 0 Å². The van der Waals surface area contributed by atoms with Gasteiger partial charge in [0.25, 0.3) is 0 Å². The number of benzene rings is 2. The van der Waals surface area contributed by atoms with Crippen LogP contribution in [-0.4, -0.2) is 29.4 Å². The molecule has 0 spiro atoms. The Labute approximate surface area is 116 Å². The smallest absolute Gasteiger partial charge is 0.0577 e. The van der Waals surface area contributed by atoms with Crippen LogP contribution in [0.1, 0.15) is 11.6 Å². The van der Waals surface area contributed by atoms with Gasteiger partial charge in [-0.3, -0.25) is 4.21 Å².